The van der Waals surface area contributed by atoms with Crippen LogP contribution in [0.25, 0.3) is 0 Å². The second kappa shape index (κ2) is 9.92. The van der Waals surface area contributed by atoms with Gasteiger partial charge in [0.25, 0.3) is 0 Å². The van der Waals surface area contributed by atoms with Crippen LogP contribution in [-0.2, 0) is 27.2 Å². The Hall–Kier alpha value is -3.23. The molecular weight excluding hydrogens is 338 g/mol. The van der Waals surface area contributed by atoms with Crippen molar-refractivity contribution in [1.29, 1.82) is 0 Å². The number of hydrogen-bond donors (Lipinski definition) is 4. The fourth-order valence-electron chi connectivity index (χ4n) is 2.39. The number of aliphatic carboxylic acids is 1. The maximum Gasteiger partial charge on any atom is 0.322 e. The first-order chi connectivity index (χ1) is 12.5. The first-order valence-corrected chi connectivity index (χ1v) is 8.22. The summed E-state index contributed by atoms with van der Waals surface area (Å²) in [6.45, 7) is -0.494. The Morgan fingerprint density at radius 1 is 1.19 bits per heavy atom. The van der Waals surface area contributed by atoms with Crippen molar-refractivity contribution in [3.8, 4) is 0 Å². The van der Waals surface area contributed by atoms with Gasteiger partial charge in [-0.1, -0.05) is 30.3 Å². The van der Waals surface area contributed by atoms with Gasteiger partial charge in [0.15, 0.2) is 0 Å². The SMILES string of the molecule is O=C(O)CNC(=O)[C@H](Cc1ccccc1)NC(=O)CCCc1cn[nH]n1. The zero-order valence-corrected chi connectivity index (χ0v) is 14.1. The van der Waals surface area contributed by atoms with Gasteiger partial charge in [0.2, 0.25) is 11.8 Å². The number of rotatable bonds is 10. The molecule has 138 valence electrons. The lowest BCUT2D eigenvalue weighted by molar-refractivity contribution is -0.138. The second-order valence-corrected chi connectivity index (χ2v) is 5.74. The Balaban J connectivity index is 1.89. The molecular formula is C17H21N5O4. The zero-order chi connectivity index (χ0) is 18.8. The van der Waals surface area contributed by atoms with Crippen molar-refractivity contribution in [2.75, 3.05) is 6.54 Å². The topological polar surface area (TPSA) is 137 Å². The molecule has 2 aromatic rings. The van der Waals surface area contributed by atoms with Crippen LogP contribution in [0.1, 0.15) is 24.1 Å². The molecule has 0 fully saturated rings. The fourth-order valence-corrected chi connectivity index (χ4v) is 2.39. The number of aromatic amines is 1. The molecule has 1 aromatic carbocycles. The minimum atomic E-state index is -1.14. The van der Waals surface area contributed by atoms with Crippen LogP contribution >= 0.6 is 0 Å². The van der Waals surface area contributed by atoms with Gasteiger partial charge in [0.1, 0.15) is 12.6 Å². The van der Waals surface area contributed by atoms with Gasteiger partial charge in [-0.2, -0.15) is 15.4 Å². The summed E-state index contributed by atoms with van der Waals surface area (Å²) >= 11 is 0. The molecule has 0 bridgehead atoms. The van der Waals surface area contributed by atoms with Crippen LogP contribution < -0.4 is 10.6 Å². The zero-order valence-electron chi connectivity index (χ0n) is 14.1. The van der Waals surface area contributed by atoms with Gasteiger partial charge in [-0.05, 0) is 18.4 Å². The maximum absolute atomic E-state index is 12.2. The molecule has 2 amide bonds. The van der Waals surface area contributed by atoms with Crippen molar-refractivity contribution >= 4 is 17.8 Å². The van der Waals surface area contributed by atoms with Gasteiger partial charge in [-0.25, -0.2) is 0 Å². The quantitative estimate of drug-likeness (QED) is 0.473. The van der Waals surface area contributed by atoms with Crippen molar-refractivity contribution < 1.29 is 19.5 Å². The Kier molecular flexibility index (Phi) is 7.29. The number of aromatic nitrogens is 3. The fraction of sp³-hybridized carbons (Fsp3) is 0.353. The number of benzene rings is 1. The summed E-state index contributed by atoms with van der Waals surface area (Å²) in [5.41, 5.74) is 1.63. The third kappa shape index (κ3) is 6.71. The largest absolute Gasteiger partial charge is 0.480 e. The number of H-pyrrole nitrogens is 1. The van der Waals surface area contributed by atoms with E-state index in [1.54, 1.807) is 6.20 Å². The molecule has 1 atom stereocenters. The molecule has 1 aromatic heterocycles. The summed E-state index contributed by atoms with van der Waals surface area (Å²) in [5.74, 6) is -1.95. The molecule has 4 N–H and O–H groups in total. The summed E-state index contributed by atoms with van der Waals surface area (Å²) in [7, 11) is 0. The molecule has 0 saturated heterocycles. The van der Waals surface area contributed by atoms with Crippen LogP contribution in [0, 0.1) is 0 Å². The summed E-state index contributed by atoms with van der Waals surface area (Å²) in [4.78, 5) is 35.0. The van der Waals surface area contributed by atoms with Crippen molar-refractivity contribution in [3.05, 3.63) is 47.8 Å². The van der Waals surface area contributed by atoms with Crippen molar-refractivity contribution in [3.63, 3.8) is 0 Å². The summed E-state index contributed by atoms with van der Waals surface area (Å²) in [6.07, 6.45) is 3.26. The van der Waals surface area contributed by atoms with Crippen molar-refractivity contribution in [2.24, 2.45) is 0 Å². The van der Waals surface area contributed by atoms with Gasteiger partial charge in [-0.3, -0.25) is 14.4 Å². The summed E-state index contributed by atoms with van der Waals surface area (Å²) in [5, 5.41) is 23.8. The third-order valence-electron chi connectivity index (χ3n) is 3.65. The molecule has 26 heavy (non-hydrogen) atoms. The molecule has 0 aliphatic heterocycles. The minimum Gasteiger partial charge on any atom is -0.480 e. The first kappa shape index (κ1) is 19.1. The molecule has 1 heterocycles. The van der Waals surface area contributed by atoms with E-state index in [-0.39, 0.29) is 18.7 Å². The normalized spacial score (nSPS) is 11.5. The van der Waals surface area contributed by atoms with Crippen LogP contribution in [0.2, 0.25) is 0 Å². The molecule has 0 aliphatic carbocycles. The number of hydrogen-bond acceptors (Lipinski definition) is 5. The first-order valence-electron chi connectivity index (χ1n) is 8.22. The van der Waals surface area contributed by atoms with Crippen LogP contribution in [0.4, 0.5) is 0 Å². The average molecular weight is 359 g/mol. The molecule has 9 nitrogen and oxygen atoms in total. The van der Waals surface area contributed by atoms with Crippen LogP contribution in [0.3, 0.4) is 0 Å². The highest BCUT2D eigenvalue weighted by Crippen LogP contribution is 2.05. The maximum atomic E-state index is 12.2. The van der Waals surface area contributed by atoms with E-state index in [4.69, 9.17) is 5.11 Å². The van der Waals surface area contributed by atoms with Crippen LogP contribution in [-0.4, -0.2) is 50.9 Å². The Morgan fingerprint density at radius 2 is 1.96 bits per heavy atom. The molecule has 9 heteroatoms. The number of carbonyl (C=O) groups is 3. The molecule has 2 rings (SSSR count). The number of nitrogens with zero attached hydrogens (tertiary/aromatic N) is 2. The summed E-state index contributed by atoms with van der Waals surface area (Å²) < 4.78 is 0. The highest BCUT2D eigenvalue weighted by molar-refractivity contribution is 5.89. The van der Waals surface area contributed by atoms with E-state index in [9.17, 15) is 14.4 Å². The number of aryl methyl sites for hydroxylation is 1. The van der Waals surface area contributed by atoms with E-state index in [2.05, 4.69) is 26.0 Å². The van der Waals surface area contributed by atoms with Crippen molar-refractivity contribution in [2.45, 2.75) is 31.7 Å². The second-order valence-electron chi connectivity index (χ2n) is 5.74. The average Bonchev–Trinajstić information content (AvgIpc) is 3.13. The number of amides is 2. The molecule has 0 unspecified atom stereocenters. The standard InChI is InChI=1S/C17H21N5O4/c23-15(8-4-7-13-10-19-22-21-13)20-14(17(26)18-11-16(24)25)9-12-5-2-1-3-6-12/h1-3,5-6,10,14H,4,7-9,11H2,(H,18,26)(H,20,23)(H,24,25)(H,19,21,22)/t14-/m0/s1. The molecule has 0 spiro atoms. The monoisotopic (exact) mass is 359 g/mol. The van der Waals surface area contributed by atoms with Gasteiger partial charge < -0.3 is 15.7 Å². The number of carbonyl (C=O) groups excluding carboxylic acids is 2. The van der Waals surface area contributed by atoms with Crippen LogP contribution in [0.15, 0.2) is 36.5 Å². The lowest BCUT2D eigenvalue weighted by Gasteiger charge is -2.18. The Morgan fingerprint density at radius 3 is 2.62 bits per heavy atom. The lowest BCUT2D eigenvalue weighted by Crippen LogP contribution is -2.49. The minimum absolute atomic E-state index is 0.227. The van der Waals surface area contributed by atoms with Crippen molar-refractivity contribution in [1.82, 2.24) is 26.0 Å². The number of carboxylic acid groups (broad SMARTS) is 1. The van der Waals surface area contributed by atoms with E-state index >= 15 is 0 Å². The van der Waals surface area contributed by atoms with Crippen LogP contribution in [0.5, 0.6) is 0 Å². The van der Waals surface area contributed by atoms with E-state index in [1.807, 2.05) is 30.3 Å². The van der Waals surface area contributed by atoms with E-state index in [0.717, 1.165) is 11.3 Å². The van der Waals surface area contributed by atoms with E-state index < -0.39 is 24.5 Å². The van der Waals surface area contributed by atoms with E-state index in [0.29, 0.717) is 12.8 Å². The van der Waals surface area contributed by atoms with Gasteiger partial charge in [0, 0.05) is 12.8 Å². The predicted molar refractivity (Wildman–Crippen MR) is 92.0 cm³/mol. The lowest BCUT2D eigenvalue weighted by atomic mass is 10.0. The predicted octanol–water partition coefficient (Wildman–Crippen LogP) is 0.0557. The number of nitrogens with one attached hydrogen (secondary N) is 3. The Labute approximate surface area is 150 Å². The number of carboxylic acids is 1. The van der Waals surface area contributed by atoms with Gasteiger partial charge in [0.05, 0.1) is 11.9 Å². The van der Waals surface area contributed by atoms with Gasteiger partial charge in [-0.15, -0.1) is 0 Å². The smallest absolute Gasteiger partial charge is 0.322 e. The molecule has 0 saturated carbocycles. The third-order valence-corrected chi connectivity index (χ3v) is 3.65. The Bertz CT molecular complexity index is 718. The van der Waals surface area contributed by atoms with Gasteiger partial charge >= 0.3 is 5.97 Å². The molecule has 0 radical (unpaired) electrons. The van der Waals surface area contributed by atoms with E-state index in [1.165, 1.54) is 0 Å². The highest BCUT2D eigenvalue weighted by Gasteiger charge is 2.21. The highest BCUT2D eigenvalue weighted by atomic mass is 16.4. The molecule has 0 aliphatic rings. The summed E-state index contributed by atoms with van der Waals surface area (Å²) in [6, 6.07) is 8.37.